The summed E-state index contributed by atoms with van der Waals surface area (Å²) in [5, 5.41) is 0. The molecule has 2 aromatic heterocycles. The Labute approximate surface area is 207 Å². The Morgan fingerprint density at radius 3 is 2.50 bits per heavy atom. The molecule has 1 aliphatic carbocycles. The van der Waals surface area contributed by atoms with Gasteiger partial charge >= 0.3 is 12.3 Å². The Morgan fingerprint density at radius 2 is 1.81 bits per heavy atom. The van der Waals surface area contributed by atoms with Gasteiger partial charge in [-0.3, -0.25) is 9.97 Å². The van der Waals surface area contributed by atoms with Crippen LogP contribution in [0.15, 0.2) is 60.4 Å². The molecule has 0 bridgehead atoms. The highest BCUT2D eigenvalue weighted by Crippen LogP contribution is 2.42. The van der Waals surface area contributed by atoms with E-state index in [9.17, 15) is 18.0 Å². The molecule has 2 aliphatic rings. The van der Waals surface area contributed by atoms with Crippen LogP contribution in [-0.4, -0.2) is 40.7 Å². The topological polar surface area (TPSA) is 55.3 Å². The van der Waals surface area contributed by atoms with Crippen molar-refractivity contribution in [1.29, 1.82) is 0 Å². The van der Waals surface area contributed by atoms with Crippen molar-refractivity contribution >= 4 is 11.7 Å². The highest BCUT2D eigenvalue weighted by atomic mass is 19.4. The summed E-state index contributed by atoms with van der Waals surface area (Å²) in [7, 11) is 0. The average molecular weight is 494 g/mol. The fourth-order valence-corrected chi connectivity index (χ4v) is 5.13. The van der Waals surface area contributed by atoms with Crippen LogP contribution in [0.2, 0.25) is 0 Å². The molecule has 1 amide bonds. The van der Waals surface area contributed by atoms with E-state index in [-0.39, 0.29) is 18.1 Å². The number of piperidine rings is 1. The molecule has 0 atom stereocenters. The monoisotopic (exact) mass is 493 g/mol. The Hall–Kier alpha value is -3.68. The lowest BCUT2D eigenvalue weighted by atomic mass is 9.87. The van der Waals surface area contributed by atoms with E-state index in [1.807, 2.05) is 36.4 Å². The number of alkyl halides is 3. The van der Waals surface area contributed by atoms with Crippen LogP contribution in [0.4, 0.5) is 18.0 Å². The summed E-state index contributed by atoms with van der Waals surface area (Å²) in [6.45, 7) is 2.96. The van der Waals surface area contributed by atoms with Gasteiger partial charge in [0, 0.05) is 36.6 Å². The van der Waals surface area contributed by atoms with E-state index in [4.69, 9.17) is 4.74 Å². The number of pyridine rings is 2. The quantitative estimate of drug-likeness (QED) is 0.420. The molecule has 0 spiro atoms. The van der Waals surface area contributed by atoms with Crippen LogP contribution in [0.3, 0.4) is 0 Å². The van der Waals surface area contributed by atoms with E-state index < -0.39 is 11.7 Å². The number of amides is 1. The maximum Gasteiger partial charge on any atom is 0.416 e. The van der Waals surface area contributed by atoms with Crippen LogP contribution in [-0.2, 0) is 23.8 Å². The van der Waals surface area contributed by atoms with E-state index >= 15 is 0 Å². The van der Waals surface area contributed by atoms with Gasteiger partial charge in [-0.15, -0.1) is 0 Å². The number of carbonyl (C=O) groups is 1. The number of fused-ring (bicyclic) bond motifs is 2. The molecule has 36 heavy (non-hydrogen) atoms. The predicted molar refractivity (Wildman–Crippen MR) is 130 cm³/mol. The molecule has 1 aliphatic heterocycles. The van der Waals surface area contributed by atoms with Crippen molar-refractivity contribution in [2.45, 2.75) is 38.8 Å². The first-order valence-corrected chi connectivity index (χ1v) is 12.1. The van der Waals surface area contributed by atoms with Crippen LogP contribution < -0.4 is 0 Å². The lowest BCUT2D eigenvalue weighted by Crippen LogP contribution is -2.37. The first-order valence-electron chi connectivity index (χ1n) is 12.1. The number of carbonyl (C=O) groups excluding carboxylic acids is 1. The molecule has 186 valence electrons. The third-order valence-electron chi connectivity index (χ3n) is 6.82. The number of nitrogens with zero attached hydrogens (tertiary/aromatic N) is 3. The lowest BCUT2D eigenvalue weighted by Gasteiger charge is -2.29. The molecule has 1 saturated heterocycles. The number of benzene rings is 1. The number of hydrogen-bond acceptors (Lipinski definition) is 4. The SMILES string of the molecule is CCOC(=O)N1CCC(=C2c3ccc(-c4ccccn4)cc3CCc3c(C(F)(F)F)ccnc32)CC1. The summed E-state index contributed by atoms with van der Waals surface area (Å²) in [4.78, 5) is 22.8. The van der Waals surface area contributed by atoms with Gasteiger partial charge in [-0.1, -0.05) is 23.8 Å². The van der Waals surface area contributed by atoms with Gasteiger partial charge in [0.15, 0.2) is 0 Å². The van der Waals surface area contributed by atoms with Gasteiger partial charge in [-0.25, -0.2) is 4.79 Å². The van der Waals surface area contributed by atoms with Crippen LogP contribution in [0.1, 0.15) is 47.7 Å². The normalized spacial score (nSPS) is 15.7. The number of aromatic nitrogens is 2. The van der Waals surface area contributed by atoms with E-state index in [1.165, 1.54) is 6.20 Å². The third kappa shape index (κ3) is 4.59. The molecule has 1 fully saturated rings. The first kappa shape index (κ1) is 24.0. The number of rotatable bonds is 2. The number of likely N-dealkylation sites (tertiary alicyclic amines) is 1. The molecule has 5 rings (SSSR count). The Morgan fingerprint density at radius 1 is 1.00 bits per heavy atom. The smallest absolute Gasteiger partial charge is 0.416 e. The summed E-state index contributed by atoms with van der Waals surface area (Å²) in [5.41, 5.74) is 5.38. The van der Waals surface area contributed by atoms with Crippen LogP contribution in [0.5, 0.6) is 0 Å². The molecular weight excluding hydrogens is 467 g/mol. The minimum Gasteiger partial charge on any atom is -0.450 e. The third-order valence-corrected chi connectivity index (χ3v) is 6.82. The number of ether oxygens (including phenoxy) is 1. The first-order chi connectivity index (χ1) is 17.4. The Bertz CT molecular complexity index is 1310. The second-order valence-corrected chi connectivity index (χ2v) is 8.93. The maximum atomic E-state index is 14.0. The lowest BCUT2D eigenvalue weighted by molar-refractivity contribution is -0.138. The van der Waals surface area contributed by atoms with Gasteiger partial charge in [0.1, 0.15) is 0 Å². The number of hydrogen-bond donors (Lipinski definition) is 0. The summed E-state index contributed by atoms with van der Waals surface area (Å²) in [6.07, 6.45) is -0.0531. The fraction of sp³-hybridized carbons (Fsp3) is 0.321. The van der Waals surface area contributed by atoms with Gasteiger partial charge in [0.2, 0.25) is 0 Å². The molecule has 0 unspecified atom stereocenters. The van der Waals surface area contributed by atoms with Crippen molar-refractivity contribution in [3.05, 3.63) is 88.4 Å². The average Bonchev–Trinajstić information content (AvgIpc) is 3.05. The van der Waals surface area contributed by atoms with Crippen molar-refractivity contribution in [2.24, 2.45) is 0 Å². The zero-order valence-electron chi connectivity index (χ0n) is 19.9. The molecule has 1 aromatic carbocycles. The van der Waals surface area contributed by atoms with Crippen molar-refractivity contribution in [3.63, 3.8) is 0 Å². The highest BCUT2D eigenvalue weighted by Gasteiger charge is 2.37. The van der Waals surface area contributed by atoms with Crippen molar-refractivity contribution in [1.82, 2.24) is 14.9 Å². The Balaban J connectivity index is 1.63. The fourth-order valence-electron chi connectivity index (χ4n) is 5.13. The molecule has 0 saturated carbocycles. The zero-order chi connectivity index (χ0) is 25.3. The van der Waals surface area contributed by atoms with E-state index in [1.54, 1.807) is 18.0 Å². The van der Waals surface area contributed by atoms with Crippen molar-refractivity contribution in [3.8, 4) is 11.3 Å². The van der Waals surface area contributed by atoms with E-state index in [2.05, 4.69) is 9.97 Å². The summed E-state index contributed by atoms with van der Waals surface area (Å²) < 4.78 is 47.1. The molecule has 3 aromatic rings. The molecule has 0 radical (unpaired) electrons. The second kappa shape index (κ2) is 9.76. The van der Waals surface area contributed by atoms with Gasteiger partial charge in [-0.05, 0) is 73.6 Å². The van der Waals surface area contributed by atoms with Crippen LogP contribution in [0.25, 0.3) is 16.8 Å². The summed E-state index contributed by atoms with van der Waals surface area (Å²) >= 11 is 0. The molecular formula is C28H26F3N3O2. The summed E-state index contributed by atoms with van der Waals surface area (Å²) in [6, 6.07) is 12.7. The van der Waals surface area contributed by atoms with E-state index in [0.717, 1.165) is 39.6 Å². The number of halogens is 3. The van der Waals surface area contributed by atoms with Crippen molar-refractivity contribution in [2.75, 3.05) is 19.7 Å². The molecule has 3 heterocycles. The van der Waals surface area contributed by atoms with Crippen LogP contribution in [0, 0.1) is 0 Å². The van der Waals surface area contributed by atoms with Gasteiger partial charge < -0.3 is 9.64 Å². The second-order valence-electron chi connectivity index (χ2n) is 8.93. The van der Waals surface area contributed by atoms with Gasteiger partial charge in [0.25, 0.3) is 0 Å². The standard InChI is InChI=1S/C28H26F3N3O2/c1-2-36-27(35)34-15-11-18(12-16-34)25-21-8-7-20(24-5-3-4-13-32-24)17-19(21)6-9-22-23(28(29,30)31)10-14-33-26(22)25/h3-5,7-8,10,13-14,17H,2,6,9,11-12,15-16H2,1H3. The highest BCUT2D eigenvalue weighted by molar-refractivity contribution is 5.86. The minimum atomic E-state index is -4.47. The van der Waals surface area contributed by atoms with Gasteiger partial charge in [-0.2, -0.15) is 13.2 Å². The van der Waals surface area contributed by atoms with Crippen LogP contribution >= 0.6 is 0 Å². The molecule has 5 nitrogen and oxygen atoms in total. The number of aryl methyl sites for hydroxylation is 1. The predicted octanol–water partition coefficient (Wildman–Crippen LogP) is 6.32. The molecule has 8 heteroatoms. The molecule has 0 N–H and O–H groups in total. The van der Waals surface area contributed by atoms with Crippen molar-refractivity contribution < 1.29 is 22.7 Å². The Kier molecular flexibility index (Phi) is 6.51. The van der Waals surface area contributed by atoms with E-state index in [0.29, 0.717) is 44.7 Å². The largest absolute Gasteiger partial charge is 0.450 e. The minimum absolute atomic E-state index is 0.232. The summed E-state index contributed by atoms with van der Waals surface area (Å²) in [5.74, 6) is 0. The van der Waals surface area contributed by atoms with Gasteiger partial charge in [0.05, 0.1) is 23.6 Å². The zero-order valence-corrected chi connectivity index (χ0v) is 19.9. The maximum absolute atomic E-state index is 14.0.